The van der Waals surface area contributed by atoms with Crippen LogP contribution in [0.15, 0.2) is 23.2 Å². The third-order valence-corrected chi connectivity index (χ3v) is 2.18. The average molecular weight is 163 g/mol. The average Bonchev–Trinajstić information content (AvgIpc) is 2.28. The smallest absolute Gasteiger partial charge is 0.123 e. The maximum Gasteiger partial charge on any atom is 0.123 e. The highest BCUT2D eigenvalue weighted by Crippen LogP contribution is 2.36. The molecule has 62 valence electrons. The van der Waals surface area contributed by atoms with Gasteiger partial charge < -0.3 is 0 Å². The number of benzene rings is 1. The molecular formula is C10H10FN. The Morgan fingerprint density at radius 1 is 1.33 bits per heavy atom. The summed E-state index contributed by atoms with van der Waals surface area (Å²) in [4.78, 5) is 4.20. The van der Waals surface area contributed by atoms with Gasteiger partial charge >= 0.3 is 0 Å². The summed E-state index contributed by atoms with van der Waals surface area (Å²) >= 11 is 0. The van der Waals surface area contributed by atoms with Crippen molar-refractivity contribution in [2.45, 2.75) is 19.3 Å². The zero-order chi connectivity index (χ0) is 8.77. The first-order chi connectivity index (χ1) is 5.59. The van der Waals surface area contributed by atoms with Gasteiger partial charge in [0.2, 0.25) is 0 Å². The topological polar surface area (TPSA) is 12.4 Å². The SMILES string of the molecule is CC1(C)C=Nc2ccc(F)cc21. The van der Waals surface area contributed by atoms with Crippen molar-refractivity contribution in [3.63, 3.8) is 0 Å². The number of aliphatic imine (C=N–C) groups is 1. The van der Waals surface area contributed by atoms with E-state index in [4.69, 9.17) is 0 Å². The van der Waals surface area contributed by atoms with Crippen LogP contribution >= 0.6 is 0 Å². The Balaban J connectivity index is 2.63. The molecule has 0 amide bonds. The lowest BCUT2D eigenvalue weighted by molar-refractivity contribution is 0.620. The molecule has 0 radical (unpaired) electrons. The zero-order valence-corrected chi connectivity index (χ0v) is 7.13. The van der Waals surface area contributed by atoms with Crippen LogP contribution in [0.25, 0.3) is 0 Å². The quantitative estimate of drug-likeness (QED) is 0.557. The predicted molar refractivity (Wildman–Crippen MR) is 47.6 cm³/mol. The van der Waals surface area contributed by atoms with Crippen LogP contribution in [0.1, 0.15) is 19.4 Å². The van der Waals surface area contributed by atoms with E-state index in [-0.39, 0.29) is 11.2 Å². The number of halogens is 1. The van der Waals surface area contributed by atoms with E-state index in [1.165, 1.54) is 6.07 Å². The van der Waals surface area contributed by atoms with Gasteiger partial charge in [-0.25, -0.2) is 4.39 Å². The minimum Gasteiger partial charge on any atom is -0.260 e. The van der Waals surface area contributed by atoms with E-state index >= 15 is 0 Å². The van der Waals surface area contributed by atoms with Crippen molar-refractivity contribution in [3.05, 3.63) is 29.6 Å². The number of hydrogen-bond donors (Lipinski definition) is 0. The van der Waals surface area contributed by atoms with Gasteiger partial charge in [0, 0.05) is 11.6 Å². The van der Waals surface area contributed by atoms with Gasteiger partial charge in [0.05, 0.1) is 5.69 Å². The first-order valence-corrected chi connectivity index (χ1v) is 3.95. The molecule has 0 unspecified atom stereocenters. The van der Waals surface area contributed by atoms with Crippen molar-refractivity contribution < 1.29 is 4.39 Å². The molecule has 0 bridgehead atoms. The standard InChI is InChI=1S/C10H10FN/c1-10(2)6-12-9-4-3-7(11)5-8(9)10/h3-6H,1-2H3. The van der Waals surface area contributed by atoms with Gasteiger partial charge in [-0.15, -0.1) is 0 Å². The van der Waals surface area contributed by atoms with E-state index in [9.17, 15) is 4.39 Å². The monoisotopic (exact) mass is 163 g/mol. The molecule has 0 fully saturated rings. The van der Waals surface area contributed by atoms with E-state index in [1.54, 1.807) is 12.1 Å². The second-order valence-corrected chi connectivity index (χ2v) is 3.64. The highest BCUT2D eigenvalue weighted by molar-refractivity contribution is 5.84. The van der Waals surface area contributed by atoms with Gasteiger partial charge in [0.1, 0.15) is 5.82 Å². The molecule has 0 saturated carbocycles. The van der Waals surface area contributed by atoms with Crippen molar-refractivity contribution in [2.75, 3.05) is 0 Å². The number of rotatable bonds is 0. The van der Waals surface area contributed by atoms with Crippen LogP contribution in [0.4, 0.5) is 10.1 Å². The fourth-order valence-corrected chi connectivity index (χ4v) is 1.44. The van der Waals surface area contributed by atoms with Gasteiger partial charge in [-0.3, -0.25) is 4.99 Å². The summed E-state index contributed by atoms with van der Waals surface area (Å²) in [7, 11) is 0. The second kappa shape index (κ2) is 2.16. The Hall–Kier alpha value is -1.18. The summed E-state index contributed by atoms with van der Waals surface area (Å²) in [5.41, 5.74) is 1.75. The summed E-state index contributed by atoms with van der Waals surface area (Å²) in [5.74, 6) is -0.188. The van der Waals surface area contributed by atoms with Gasteiger partial charge in [0.25, 0.3) is 0 Å². The van der Waals surface area contributed by atoms with E-state index in [0.29, 0.717) is 0 Å². The number of nitrogens with zero attached hydrogens (tertiary/aromatic N) is 1. The van der Waals surface area contributed by atoms with Crippen LogP contribution in [0.2, 0.25) is 0 Å². The Morgan fingerprint density at radius 2 is 2.08 bits per heavy atom. The molecule has 2 rings (SSSR count). The molecule has 1 aliphatic rings. The van der Waals surface area contributed by atoms with Crippen molar-refractivity contribution >= 4 is 11.9 Å². The van der Waals surface area contributed by atoms with Gasteiger partial charge in [-0.2, -0.15) is 0 Å². The summed E-state index contributed by atoms with van der Waals surface area (Å²) in [5, 5.41) is 0. The van der Waals surface area contributed by atoms with Crippen LogP contribution < -0.4 is 0 Å². The summed E-state index contributed by atoms with van der Waals surface area (Å²) in [6.45, 7) is 4.06. The fraction of sp³-hybridized carbons (Fsp3) is 0.300. The van der Waals surface area contributed by atoms with Crippen LogP contribution in [0, 0.1) is 5.82 Å². The molecule has 0 saturated heterocycles. The first kappa shape index (κ1) is 7.47. The maximum absolute atomic E-state index is 12.8. The largest absolute Gasteiger partial charge is 0.260 e. The molecule has 1 aromatic rings. The molecule has 0 aliphatic carbocycles. The van der Waals surface area contributed by atoms with E-state index in [0.717, 1.165) is 11.3 Å². The molecule has 0 aromatic heterocycles. The lowest BCUT2D eigenvalue weighted by atomic mass is 9.87. The fourth-order valence-electron chi connectivity index (χ4n) is 1.44. The lowest BCUT2D eigenvalue weighted by Gasteiger charge is -2.14. The molecule has 0 spiro atoms. The van der Waals surface area contributed by atoms with Gasteiger partial charge in [-0.05, 0) is 23.8 Å². The Labute approximate surface area is 70.9 Å². The van der Waals surface area contributed by atoms with E-state index in [1.807, 2.05) is 20.1 Å². The van der Waals surface area contributed by atoms with Gasteiger partial charge in [-0.1, -0.05) is 13.8 Å². The number of fused-ring (bicyclic) bond motifs is 1. The maximum atomic E-state index is 12.8. The molecule has 0 N–H and O–H groups in total. The molecule has 2 heteroatoms. The van der Waals surface area contributed by atoms with Crippen molar-refractivity contribution in [1.29, 1.82) is 0 Å². The van der Waals surface area contributed by atoms with Crippen molar-refractivity contribution in [1.82, 2.24) is 0 Å². The zero-order valence-electron chi connectivity index (χ0n) is 7.13. The minimum absolute atomic E-state index is 0.114. The van der Waals surface area contributed by atoms with Crippen LogP contribution in [-0.2, 0) is 5.41 Å². The Morgan fingerprint density at radius 3 is 2.83 bits per heavy atom. The third-order valence-electron chi connectivity index (χ3n) is 2.18. The molecule has 1 aliphatic heterocycles. The summed E-state index contributed by atoms with van der Waals surface area (Å²) in [6.07, 6.45) is 1.86. The predicted octanol–water partition coefficient (Wildman–Crippen LogP) is 2.82. The highest BCUT2D eigenvalue weighted by Gasteiger charge is 2.26. The Kier molecular flexibility index (Phi) is 1.34. The molecule has 1 aromatic carbocycles. The molecule has 0 atom stereocenters. The lowest BCUT2D eigenvalue weighted by Crippen LogP contribution is -2.14. The van der Waals surface area contributed by atoms with Crippen LogP contribution in [0.5, 0.6) is 0 Å². The minimum atomic E-state index is -0.188. The normalized spacial score (nSPS) is 17.9. The third kappa shape index (κ3) is 0.951. The summed E-state index contributed by atoms with van der Waals surface area (Å²) in [6, 6.07) is 4.72. The van der Waals surface area contributed by atoms with Crippen molar-refractivity contribution in [2.24, 2.45) is 4.99 Å². The van der Waals surface area contributed by atoms with E-state index in [2.05, 4.69) is 4.99 Å². The van der Waals surface area contributed by atoms with E-state index < -0.39 is 0 Å². The highest BCUT2D eigenvalue weighted by atomic mass is 19.1. The molecule has 1 nitrogen and oxygen atoms in total. The number of hydrogen-bond acceptors (Lipinski definition) is 1. The Bertz CT molecular complexity index is 353. The molecule has 12 heavy (non-hydrogen) atoms. The molecule has 1 heterocycles. The van der Waals surface area contributed by atoms with Crippen LogP contribution in [0.3, 0.4) is 0 Å². The van der Waals surface area contributed by atoms with Crippen molar-refractivity contribution in [3.8, 4) is 0 Å². The van der Waals surface area contributed by atoms with Gasteiger partial charge in [0.15, 0.2) is 0 Å². The first-order valence-electron chi connectivity index (χ1n) is 3.95. The van der Waals surface area contributed by atoms with Crippen LogP contribution in [-0.4, -0.2) is 6.21 Å². The molecular weight excluding hydrogens is 153 g/mol. The second-order valence-electron chi connectivity index (χ2n) is 3.64. The summed E-state index contributed by atoms with van der Waals surface area (Å²) < 4.78 is 12.8.